The summed E-state index contributed by atoms with van der Waals surface area (Å²) in [5, 5.41) is 0. The number of hydrogen-bond donors (Lipinski definition) is 1. The summed E-state index contributed by atoms with van der Waals surface area (Å²) >= 11 is 0. The molecule has 0 bridgehead atoms. The van der Waals surface area contributed by atoms with E-state index in [1.54, 1.807) is 0 Å². The molecule has 4 heteroatoms. The van der Waals surface area contributed by atoms with Crippen LogP contribution in [0, 0.1) is 11.3 Å². The van der Waals surface area contributed by atoms with Gasteiger partial charge in [0.25, 0.3) is 0 Å². The summed E-state index contributed by atoms with van der Waals surface area (Å²) in [5.74, 6) is 0.743. The fourth-order valence-electron chi connectivity index (χ4n) is 3.47. The first-order chi connectivity index (χ1) is 7.59. The zero-order valence-electron chi connectivity index (χ0n) is 10.8. The topological polar surface area (TPSA) is 41.7 Å². The molecule has 16 heavy (non-hydrogen) atoms. The number of nitrogens with two attached hydrogens (primary N) is 1. The van der Waals surface area contributed by atoms with Crippen LogP contribution in [0.2, 0.25) is 0 Å². The van der Waals surface area contributed by atoms with E-state index in [1.165, 1.54) is 19.5 Å². The summed E-state index contributed by atoms with van der Waals surface area (Å²) in [7, 11) is 6.57. The lowest BCUT2D eigenvalue weighted by Gasteiger charge is -2.51. The Morgan fingerprint density at radius 1 is 1.50 bits per heavy atom. The molecule has 0 radical (unpaired) electrons. The second kappa shape index (κ2) is 4.61. The molecule has 0 aromatic carbocycles. The Bertz CT molecular complexity index is 235. The van der Waals surface area contributed by atoms with Gasteiger partial charge >= 0.3 is 0 Å². The Kier molecular flexibility index (Phi) is 3.54. The van der Waals surface area contributed by atoms with E-state index in [9.17, 15) is 0 Å². The molecule has 2 aliphatic rings. The molecule has 2 unspecified atom stereocenters. The van der Waals surface area contributed by atoms with Gasteiger partial charge in [-0.25, -0.2) is 0 Å². The number of hydrogen-bond acceptors (Lipinski definition) is 4. The van der Waals surface area contributed by atoms with Crippen molar-refractivity contribution in [1.29, 1.82) is 0 Å². The molecule has 0 saturated carbocycles. The predicted molar refractivity (Wildman–Crippen MR) is 65.4 cm³/mol. The summed E-state index contributed by atoms with van der Waals surface area (Å²) in [6.07, 6.45) is 1.29. The number of likely N-dealkylation sites (tertiary alicyclic amines) is 1. The highest BCUT2D eigenvalue weighted by Gasteiger charge is 2.49. The molecule has 2 heterocycles. The third kappa shape index (κ3) is 1.99. The highest BCUT2D eigenvalue weighted by atomic mass is 16.5. The average molecular weight is 227 g/mol. The van der Waals surface area contributed by atoms with E-state index >= 15 is 0 Å². The molecule has 2 fully saturated rings. The van der Waals surface area contributed by atoms with Gasteiger partial charge in [0, 0.05) is 24.5 Å². The van der Waals surface area contributed by atoms with Crippen LogP contribution in [0.4, 0.5) is 0 Å². The molecule has 0 amide bonds. The monoisotopic (exact) mass is 227 g/mol. The van der Waals surface area contributed by atoms with Gasteiger partial charge in [-0.3, -0.25) is 0 Å². The van der Waals surface area contributed by atoms with Crippen molar-refractivity contribution in [3.8, 4) is 0 Å². The zero-order chi connectivity index (χ0) is 11.8. The molecule has 2 atom stereocenters. The van der Waals surface area contributed by atoms with E-state index in [1.807, 2.05) is 0 Å². The first-order valence-electron chi connectivity index (χ1n) is 6.22. The van der Waals surface area contributed by atoms with E-state index in [0.29, 0.717) is 6.04 Å². The Hall–Kier alpha value is -0.160. The molecule has 94 valence electrons. The third-order valence-electron chi connectivity index (χ3n) is 4.24. The maximum atomic E-state index is 5.99. The van der Waals surface area contributed by atoms with Crippen molar-refractivity contribution in [3.05, 3.63) is 0 Å². The van der Waals surface area contributed by atoms with E-state index in [4.69, 9.17) is 10.5 Å². The molecule has 4 nitrogen and oxygen atoms in total. The van der Waals surface area contributed by atoms with E-state index in [-0.39, 0.29) is 5.41 Å². The minimum absolute atomic E-state index is 0.208. The van der Waals surface area contributed by atoms with E-state index in [0.717, 1.165) is 25.7 Å². The molecule has 0 spiro atoms. The van der Waals surface area contributed by atoms with Crippen LogP contribution in [-0.2, 0) is 4.74 Å². The third-order valence-corrected chi connectivity index (χ3v) is 4.24. The summed E-state index contributed by atoms with van der Waals surface area (Å²) in [4.78, 5) is 4.78. The maximum Gasteiger partial charge on any atom is 0.0572 e. The number of rotatable bonds is 4. The average Bonchev–Trinajstić information content (AvgIpc) is 2.57. The van der Waals surface area contributed by atoms with Gasteiger partial charge in [-0.05, 0) is 40.0 Å². The van der Waals surface area contributed by atoms with Gasteiger partial charge in [0.1, 0.15) is 0 Å². The quantitative estimate of drug-likeness (QED) is 0.725. The highest BCUT2D eigenvalue weighted by Crippen LogP contribution is 2.39. The van der Waals surface area contributed by atoms with Crippen LogP contribution in [0.15, 0.2) is 0 Å². The molecule has 2 rings (SSSR count). The van der Waals surface area contributed by atoms with Crippen molar-refractivity contribution >= 4 is 0 Å². The smallest absolute Gasteiger partial charge is 0.0572 e. The van der Waals surface area contributed by atoms with Gasteiger partial charge in [-0.15, -0.1) is 0 Å². The van der Waals surface area contributed by atoms with Gasteiger partial charge in [0.2, 0.25) is 0 Å². The number of nitrogens with zero attached hydrogens (tertiary/aromatic N) is 2. The van der Waals surface area contributed by atoms with E-state index in [2.05, 4.69) is 30.9 Å². The second-order valence-electron chi connectivity index (χ2n) is 5.78. The van der Waals surface area contributed by atoms with Crippen LogP contribution in [0.25, 0.3) is 0 Å². The molecule has 0 aromatic rings. The predicted octanol–water partition coefficient (Wildman–Crippen LogP) is -0.156. The lowest BCUT2D eigenvalue weighted by molar-refractivity contribution is -0.154. The summed E-state index contributed by atoms with van der Waals surface area (Å²) in [6, 6.07) is 0.566. The van der Waals surface area contributed by atoms with Gasteiger partial charge in [-0.2, -0.15) is 0 Å². The SMILES string of the molecule is CN1CCC(C(N(C)C)C2(CN)COC2)C1. The van der Waals surface area contributed by atoms with Gasteiger partial charge in [0.05, 0.1) is 13.2 Å². The van der Waals surface area contributed by atoms with Gasteiger partial charge in [-0.1, -0.05) is 0 Å². The maximum absolute atomic E-state index is 5.99. The van der Waals surface area contributed by atoms with Crippen LogP contribution < -0.4 is 5.73 Å². The standard InChI is InChI=1S/C12H25N3O/c1-14(2)11(10-4-5-15(3)6-10)12(7-13)8-16-9-12/h10-11H,4-9,13H2,1-3H3. The Balaban J connectivity index is 2.10. The number of ether oxygens (including phenoxy) is 1. The van der Waals surface area contributed by atoms with Crippen LogP contribution in [0.3, 0.4) is 0 Å². The first-order valence-corrected chi connectivity index (χ1v) is 6.22. The van der Waals surface area contributed by atoms with Crippen LogP contribution in [0.1, 0.15) is 6.42 Å². The fourth-order valence-corrected chi connectivity index (χ4v) is 3.47. The minimum Gasteiger partial charge on any atom is -0.380 e. The molecule has 0 aromatic heterocycles. The van der Waals surface area contributed by atoms with Crippen molar-refractivity contribution in [1.82, 2.24) is 9.80 Å². The van der Waals surface area contributed by atoms with Crippen molar-refractivity contribution < 1.29 is 4.74 Å². The molecule has 2 aliphatic heterocycles. The van der Waals surface area contributed by atoms with Crippen LogP contribution in [-0.4, -0.2) is 69.8 Å². The lowest BCUT2D eigenvalue weighted by atomic mass is 9.71. The lowest BCUT2D eigenvalue weighted by Crippen LogP contribution is -2.63. The van der Waals surface area contributed by atoms with Crippen molar-refractivity contribution in [2.45, 2.75) is 12.5 Å². The zero-order valence-corrected chi connectivity index (χ0v) is 10.8. The molecular weight excluding hydrogens is 202 g/mol. The molecule has 2 N–H and O–H groups in total. The highest BCUT2D eigenvalue weighted by molar-refractivity contribution is 5.01. The van der Waals surface area contributed by atoms with Crippen LogP contribution >= 0.6 is 0 Å². The normalized spacial score (nSPS) is 31.7. The summed E-state index contributed by atoms with van der Waals surface area (Å²) in [5.41, 5.74) is 6.20. The van der Waals surface area contributed by atoms with E-state index < -0.39 is 0 Å². The second-order valence-corrected chi connectivity index (χ2v) is 5.78. The largest absolute Gasteiger partial charge is 0.380 e. The molecule has 2 saturated heterocycles. The summed E-state index contributed by atoms with van der Waals surface area (Å²) < 4.78 is 5.43. The van der Waals surface area contributed by atoms with Crippen molar-refractivity contribution in [2.24, 2.45) is 17.1 Å². The Labute approximate surface area is 98.7 Å². The van der Waals surface area contributed by atoms with Crippen molar-refractivity contribution in [3.63, 3.8) is 0 Å². The van der Waals surface area contributed by atoms with Crippen LogP contribution in [0.5, 0.6) is 0 Å². The fraction of sp³-hybridized carbons (Fsp3) is 1.00. The minimum atomic E-state index is 0.208. The van der Waals surface area contributed by atoms with Crippen molar-refractivity contribution in [2.75, 3.05) is 54.0 Å². The van der Waals surface area contributed by atoms with Gasteiger partial charge < -0.3 is 20.3 Å². The summed E-state index contributed by atoms with van der Waals surface area (Å²) in [6.45, 7) is 4.84. The Morgan fingerprint density at radius 2 is 2.19 bits per heavy atom. The van der Waals surface area contributed by atoms with Gasteiger partial charge in [0.15, 0.2) is 0 Å². The Morgan fingerprint density at radius 3 is 2.50 bits per heavy atom. The molecular formula is C12H25N3O. The first kappa shape index (κ1) is 12.3. The molecule has 0 aliphatic carbocycles.